The van der Waals surface area contributed by atoms with Crippen LogP contribution in [-0.4, -0.2) is 51.7 Å². The molecule has 5 heteroatoms. The van der Waals surface area contributed by atoms with Crippen LogP contribution in [0.3, 0.4) is 0 Å². The molecule has 26 heavy (non-hydrogen) atoms. The second-order valence-corrected chi connectivity index (χ2v) is 7.60. The number of carbonyl (C=O) groups is 1. The third-order valence-corrected chi connectivity index (χ3v) is 5.93. The van der Waals surface area contributed by atoms with Crippen molar-refractivity contribution >= 4 is 5.91 Å². The molecule has 1 unspecified atom stereocenters. The zero-order valence-electron chi connectivity index (χ0n) is 15.6. The Labute approximate surface area is 155 Å². The maximum atomic E-state index is 12.9. The third-order valence-electron chi connectivity index (χ3n) is 5.93. The van der Waals surface area contributed by atoms with E-state index in [1.54, 1.807) is 0 Å². The fourth-order valence-electron chi connectivity index (χ4n) is 4.36. The predicted octanol–water partition coefficient (Wildman–Crippen LogP) is 2.57. The molecule has 0 saturated carbocycles. The highest BCUT2D eigenvalue weighted by atomic mass is 16.2. The molecule has 1 aromatic carbocycles. The number of hydrogen-bond acceptors (Lipinski definition) is 3. The summed E-state index contributed by atoms with van der Waals surface area (Å²) >= 11 is 0. The van der Waals surface area contributed by atoms with Gasteiger partial charge in [-0.25, -0.2) is 0 Å². The highest BCUT2D eigenvalue weighted by molar-refractivity contribution is 5.77. The maximum absolute atomic E-state index is 12.9. The molecule has 2 aromatic rings. The van der Waals surface area contributed by atoms with E-state index in [1.807, 2.05) is 17.9 Å². The zero-order chi connectivity index (χ0) is 17.9. The average Bonchev–Trinajstić information content (AvgIpc) is 3.15. The van der Waals surface area contributed by atoms with Crippen LogP contribution in [0.1, 0.15) is 42.0 Å². The van der Waals surface area contributed by atoms with Crippen LogP contribution in [0.4, 0.5) is 0 Å². The predicted molar refractivity (Wildman–Crippen MR) is 102 cm³/mol. The number of aromatic nitrogens is 2. The van der Waals surface area contributed by atoms with E-state index in [9.17, 15) is 4.79 Å². The van der Waals surface area contributed by atoms with Gasteiger partial charge in [-0.05, 0) is 42.4 Å². The van der Waals surface area contributed by atoms with Crippen molar-refractivity contribution in [3.05, 3.63) is 53.3 Å². The van der Waals surface area contributed by atoms with Crippen molar-refractivity contribution < 1.29 is 4.79 Å². The first-order valence-electron chi connectivity index (χ1n) is 9.75. The molecule has 0 spiro atoms. The number of carbonyl (C=O) groups excluding carboxylic acids is 1. The SMILES string of the molecule is Cn1nccc1CN1CCCN(C(=O)CC2CCc3ccccc32)CC1. The summed E-state index contributed by atoms with van der Waals surface area (Å²) in [7, 11) is 1.99. The Hall–Kier alpha value is -2.14. The Morgan fingerprint density at radius 2 is 2.04 bits per heavy atom. The highest BCUT2D eigenvalue weighted by Gasteiger charge is 2.27. The average molecular weight is 352 g/mol. The van der Waals surface area contributed by atoms with E-state index >= 15 is 0 Å². The number of fused-ring (bicyclic) bond motifs is 1. The van der Waals surface area contributed by atoms with Gasteiger partial charge in [0, 0.05) is 52.4 Å². The first-order chi connectivity index (χ1) is 12.7. The largest absolute Gasteiger partial charge is 0.341 e. The van der Waals surface area contributed by atoms with Gasteiger partial charge in [-0.15, -0.1) is 0 Å². The van der Waals surface area contributed by atoms with Gasteiger partial charge in [0.15, 0.2) is 0 Å². The van der Waals surface area contributed by atoms with Crippen LogP contribution in [0.15, 0.2) is 36.5 Å². The lowest BCUT2D eigenvalue weighted by molar-refractivity contribution is -0.131. The summed E-state index contributed by atoms with van der Waals surface area (Å²) in [4.78, 5) is 17.4. The van der Waals surface area contributed by atoms with Gasteiger partial charge in [-0.2, -0.15) is 5.10 Å². The molecular weight excluding hydrogens is 324 g/mol. The molecule has 1 aliphatic heterocycles. The summed E-state index contributed by atoms with van der Waals surface area (Å²) in [6, 6.07) is 10.7. The molecular formula is C21H28N4O. The monoisotopic (exact) mass is 352 g/mol. The molecule has 0 radical (unpaired) electrons. The van der Waals surface area contributed by atoms with Gasteiger partial charge in [-0.1, -0.05) is 24.3 Å². The summed E-state index contributed by atoms with van der Waals surface area (Å²) in [5.41, 5.74) is 4.06. The molecule has 1 amide bonds. The quantitative estimate of drug-likeness (QED) is 0.849. The molecule has 1 atom stereocenters. The van der Waals surface area contributed by atoms with Crippen LogP contribution in [0, 0.1) is 0 Å². The summed E-state index contributed by atoms with van der Waals surface area (Å²) in [6.07, 6.45) is 5.80. The molecule has 1 aromatic heterocycles. The van der Waals surface area contributed by atoms with E-state index in [4.69, 9.17) is 0 Å². The van der Waals surface area contributed by atoms with Crippen molar-refractivity contribution in [2.75, 3.05) is 26.2 Å². The minimum atomic E-state index is 0.328. The van der Waals surface area contributed by atoms with Gasteiger partial charge < -0.3 is 4.90 Å². The molecule has 1 saturated heterocycles. The Morgan fingerprint density at radius 1 is 1.15 bits per heavy atom. The Balaban J connectivity index is 1.33. The van der Waals surface area contributed by atoms with Gasteiger partial charge >= 0.3 is 0 Å². The molecule has 0 bridgehead atoms. The van der Waals surface area contributed by atoms with Crippen molar-refractivity contribution in [2.45, 2.75) is 38.1 Å². The molecule has 0 N–H and O–H groups in total. The van der Waals surface area contributed by atoms with E-state index in [-0.39, 0.29) is 0 Å². The Kier molecular flexibility index (Phi) is 5.07. The maximum Gasteiger partial charge on any atom is 0.223 e. The van der Waals surface area contributed by atoms with Crippen LogP contribution in [0.2, 0.25) is 0 Å². The second-order valence-electron chi connectivity index (χ2n) is 7.60. The number of aryl methyl sites for hydroxylation is 2. The van der Waals surface area contributed by atoms with Gasteiger partial charge in [0.05, 0.1) is 5.69 Å². The molecule has 1 fully saturated rings. The summed E-state index contributed by atoms with van der Waals surface area (Å²) in [5, 5.41) is 4.25. The number of hydrogen-bond donors (Lipinski definition) is 0. The van der Waals surface area contributed by atoms with Gasteiger partial charge in [0.1, 0.15) is 0 Å². The standard InChI is InChI=1S/C21H28N4O/c1-23-19(9-10-22-23)16-24-11-4-12-25(14-13-24)21(26)15-18-8-7-17-5-2-3-6-20(17)18/h2-3,5-6,9-10,18H,4,7-8,11-16H2,1H3. The van der Waals surface area contributed by atoms with Crippen molar-refractivity contribution in [2.24, 2.45) is 7.05 Å². The Bertz CT molecular complexity index is 769. The highest BCUT2D eigenvalue weighted by Crippen LogP contribution is 2.35. The van der Waals surface area contributed by atoms with Crippen LogP contribution < -0.4 is 0 Å². The van der Waals surface area contributed by atoms with Crippen LogP contribution >= 0.6 is 0 Å². The van der Waals surface area contributed by atoms with Crippen molar-refractivity contribution in [1.82, 2.24) is 19.6 Å². The molecule has 5 nitrogen and oxygen atoms in total. The summed E-state index contributed by atoms with van der Waals surface area (Å²) < 4.78 is 1.94. The first-order valence-corrected chi connectivity index (χ1v) is 9.75. The molecule has 138 valence electrons. The minimum absolute atomic E-state index is 0.328. The number of nitrogens with zero attached hydrogens (tertiary/aromatic N) is 4. The molecule has 4 rings (SSSR count). The van der Waals surface area contributed by atoms with Crippen LogP contribution in [0.25, 0.3) is 0 Å². The van der Waals surface area contributed by atoms with Crippen LogP contribution in [-0.2, 0) is 24.8 Å². The third kappa shape index (κ3) is 3.68. The smallest absolute Gasteiger partial charge is 0.223 e. The van der Waals surface area contributed by atoms with E-state index in [1.165, 1.54) is 16.8 Å². The zero-order valence-corrected chi connectivity index (χ0v) is 15.6. The minimum Gasteiger partial charge on any atom is -0.341 e. The van der Waals surface area contributed by atoms with E-state index in [2.05, 4.69) is 45.2 Å². The summed E-state index contributed by atoms with van der Waals surface area (Å²) in [5.74, 6) is 0.738. The lowest BCUT2D eigenvalue weighted by Crippen LogP contribution is -2.35. The molecule has 1 aliphatic carbocycles. The van der Waals surface area contributed by atoms with Gasteiger partial charge in [0.25, 0.3) is 0 Å². The molecule has 2 heterocycles. The molecule has 2 aliphatic rings. The van der Waals surface area contributed by atoms with E-state index in [0.29, 0.717) is 18.2 Å². The summed E-state index contributed by atoms with van der Waals surface area (Å²) in [6.45, 7) is 4.62. The normalized spacial score (nSPS) is 20.8. The number of rotatable bonds is 4. The number of amides is 1. The van der Waals surface area contributed by atoms with Crippen molar-refractivity contribution in [1.29, 1.82) is 0 Å². The van der Waals surface area contributed by atoms with Crippen molar-refractivity contribution in [3.8, 4) is 0 Å². The fourth-order valence-corrected chi connectivity index (χ4v) is 4.36. The van der Waals surface area contributed by atoms with Gasteiger partial charge in [-0.3, -0.25) is 14.4 Å². The van der Waals surface area contributed by atoms with Crippen LogP contribution in [0.5, 0.6) is 0 Å². The van der Waals surface area contributed by atoms with Gasteiger partial charge in [0.2, 0.25) is 5.91 Å². The topological polar surface area (TPSA) is 41.4 Å². The first kappa shape index (κ1) is 17.3. The second kappa shape index (κ2) is 7.62. The van der Waals surface area contributed by atoms with Crippen molar-refractivity contribution in [3.63, 3.8) is 0 Å². The lowest BCUT2D eigenvalue weighted by Gasteiger charge is -2.23. The van der Waals surface area contributed by atoms with E-state index < -0.39 is 0 Å². The Morgan fingerprint density at radius 3 is 2.88 bits per heavy atom. The lowest BCUT2D eigenvalue weighted by atomic mass is 9.97. The number of benzene rings is 1. The van der Waals surface area contributed by atoms with E-state index in [0.717, 1.165) is 52.0 Å². The fraction of sp³-hybridized carbons (Fsp3) is 0.524.